The van der Waals surface area contributed by atoms with Crippen LogP contribution in [0.4, 0.5) is 0 Å². The van der Waals surface area contributed by atoms with Crippen LogP contribution in [0.15, 0.2) is 12.1 Å². The summed E-state index contributed by atoms with van der Waals surface area (Å²) >= 11 is 0. The van der Waals surface area contributed by atoms with Gasteiger partial charge in [0.15, 0.2) is 0 Å². The van der Waals surface area contributed by atoms with Crippen LogP contribution in [0.2, 0.25) is 0 Å². The number of benzene rings is 1. The van der Waals surface area contributed by atoms with Crippen molar-refractivity contribution >= 4 is 0 Å². The van der Waals surface area contributed by atoms with Crippen molar-refractivity contribution in [3.05, 3.63) is 28.8 Å². The number of aliphatic hydroxyl groups is 1. The Hall–Kier alpha value is -1.06. The fourth-order valence-electron chi connectivity index (χ4n) is 2.39. The van der Waals surface area contributed by atoms with Gasteiger partial charge < -0.3 is 14.6 Å². The minimum atomic E-state index is -1.03. The molecule has 0 saturated carbocycles. The first-order valence-electron chi connectivity index (χ1n) is 6.23. The van der Waals surface area contributed by atoms with E-state index in [-0.39, 0.29) is 12.5 Å². The summed E-state index contributed by atoms with van der Waals surface area (Å²) in [7, 11) is 3.23. The number of hydrogen-bond donors (Lipinski definition) is 1. The van der Waals surface area contributed by atoms with E-state index in [1.165, 1.54) is 0 Å². The highest BCUT2D eigenvalue weighted by molar-refractivity contribution is 5.47. The smallest absolute Gasteiger partial charge is 0.125 e. The van der Waals surface area contributed by atoms with E-state index in [9.17, 15) is 5.11 Å². The van der Waals surface area contributed by atoms with E-state index in [2.05, 4.69) is 6.07 Å². The van der Waals surface area contributed by atoms with Crippen molar-refractivity contribution in [2.45, 2.75) is 33.3 Å². The summed E-state index contributed by atoms with van der Waals surface area (Å²) in [5.41, 5.74) is 1.95. The molecule has 0 aliphatic heterocycles. The van der Waals surface area contributed by atoms with Crippen molar-refractivity contribution in [2.75, 3.05) is 20.8 Å². The molecule has 0 fully saturated rings. The molecule has 1 aromatic carbocycles. The van der Waals surface area contributed by atoms with Crippen molar-refractivity contribution in [1.82, 2.24) is 0 Å². The number of methoxy groups -OCH3 is 2. The van der Waals surface area contributed by atoms with E-state index >= 15 is 0 Å². The zero-order valence-corrected chi connectivity index (χ0v) is 12.2. The molecule has 1 atom stereocenters. The molecule has 0 aliphatic carbocycles. The molecule has 3 heteroatoms. The molecule has 18 heavy (non-hydrogen) atoms. The monoisotopic (exact) mass is 252 g/mol. The lowest BCUT2D eigenvalue weighted by Crippen LogP contribution is -2.38. The Bertz CT molecular complexity index is 412. The third-order valence-electron chi connectivity index (χ3n) is 3.42. The highest BCUT2D eigenvalue weighted by Gasteiger charge is 2.37. The van der Waals surface area contributed by atoms with Crippen molar-refractivity contribution < 1.29 is 14.6 Å². The molecule has 0 spiro atoms. The van der Waals surface area contributed by atoms with Crippen molar-refractivity contribution in [3.63, 3.8) is 0 Å². The maximum atomic E-state index is 10.9. The van der Waals surface area contributed by atoms with Gasteiger partial charge in [-0.05, 0) is 37.0 Å². The van der Waals surface area contributed by atoms with E-state index in [0.717, 1.165) is 22.4 Å². The second-order valence-electron chi connectivity index (χ2n) is 5.17. The third-order valence-corrected chi connectivity index (χ3v) is 3.42. The highest BCUT2D eigenvalue weighted by atomic mass is 16.5. The van der Waals surface area contributed by atoms with Gasteiger partial charge in [-0.1, -0.05) is 19.9 Å². The van der Waals surface area contributed by atoms with Gasteiger partial charge in [0, 0.05) is 12.7 Å². The fourth-order valence-corrected chi connectivity index (χ4v) is 2.39. The van der Waals surface area contributed by atoms with E-state index in [0.29, 0.717) is 0 Å². The van der Waals surface area contributed by atoms with E-state index in [1.807, 2.05) is 33.8 Å². The molecule has 1 unspecified atom stereocenters. The normalized spacial score (nSPS) is 14.7. The summed E-state index contributed by atoms with van der Waals surface area (Å²) in [5, 5.41) is 10.9. The quantitative estimate of drug-likeness (QED) is 0.875. The van der Waals surface area contributed by atoms with Gasteiger partial charge >= 0.3 is 0 Å². The molecular formula is C15H24O3. The summed E-state index contributed by atoms with van der Waals surface area (Å²) in [6, 6.07) is 4.01. The second kappa shape index (κ2) is 5.72. The first kappa shape index (κ1) is 15.0. The average Bonchev–Trinajstić information content (AvgIpc) is 2.27. The molecule has 1 aromatic rings. The van der Waals surface area contributed by atoms with Crippen molar-refractivity contribution in [1.29, 1.82) is 0 Å². The van der Waals surface area contributed by atoms with Crippen molar-refractivity contribution in [3.8, 4) is 5.75 Å². The molecule has 1 N–H and O–H groups in total. The van der Waals surface area contributed by atoms with Crippen LogP contribution in [0.1, 0.15) is 30.5 Å². The van der Waals surface area contributed by atoms with Gasteiger partial charge in [-0.3, -0.25) is 0 Å². The van der Waals surface area contributed by atoms with Crippen LogP contribution in [0, 0.1) is 19.8 Å². The zero-order chi connectivity index (χ0) is 13.9. The maximum Gasteiger partial charge on any atom is 0.125 e. The van der Waals surface area contributed by atoms with Crippen LogP contribution in [-0.2, 0) is 10.3 Å². The van der Waals surface area contributed by atoms with Crippen LogP contribution in [-0.4, -0.2) is 25.9 Å². The number of ether oxygens (including phenoxy) is 2. The van der Waals surface area contributed by atoms with Gasteiger partial charge in [0.1, 0.15) is 11.4 Å². The minimum absolute atomic E-state index is 0.0350. The molecule has 0 heterocycles. The van der Waals surface area contributed by atoms with Crippen LogP contribution < -0.4 is 4.74 Å². The van der Waals surface area contributed by atoms with Gasteiger partial charge in [0.2, 0.25) is 0 Å². The molecule has 0 amide bonds. The van der Waals surface area contributed by atoms with Crippen LogP contribution in [0.25, 0.3) is 0 Å². The highest BCUT2D eigenvalue weighted by Crippen LogP contribution is 2.39. The number of rotatable bonds is 5. The topological polar surface area (TPSA) is 38.7 Å². The second-order valence-corrected chi connectivity index (χ2v) is 5.17. The first-order valence-corrected chi connectivity index (χ1v) is 6.23. The summed E-state index contributed by atoms with van der Waals surface area (Å²) in [5.74, 6) is 0.758. The summed E-state index contributed by atoms with van der Waals surface area (Å²) in [6.07, 6.45) is 0. The van der Waals surface area contributed by atoms with Gasteiger partial charge in [-0.15, -0.1) is 0 Å². The van der Waals surface area contributed by atoms with Crippen molar-refractivity contribution in [2.24, 2.45) is 5.92 Å². The van der Waals surface area contributed by atoms with Crippen LogP contribution >= 0.6 is 0 Å². The summed E-state index contributed by atoms with van der Waals surface area (Å²) in [6.45, 7) is 8.23. The van der Waals surface area contributed by atoms with Gasteiger partial charge in [-0.25, -0.2) is 0 Å². The molecule has 0 aromatic heterocycles. The van der Waals surface area contributed by atoms with Crippen LogP contribution in [0.5, 0.6) is 5.75 Å². The van der Waals surface area contributed by atoms with E-state index < -0.39 is 5.60 Å². The number of aryl methyl sites for hydroxylation is 2. The predicted molar refractivity (Wildman–Crippen MR) is 73.1 cm³/mol. The van der Waals surface area contributed by atoms with E-state index in [4.69, 9.17) is 9.47 Å². The summed E-state index contributed by atoms with van der Waals surface area (Å²) in [4.78, 5) is 0. The Labute approximate surface area is 110 Å². The lowest BCUT2D eigenvalue weighted by molar-refractivity contribution is -0.0717. The Morgan fingerprint density at radius 1 is 1.22 bits per heavy atom. The maximum absolute atomic E-state index is 10.9. The molecule has 0 aliphatic rings. The molecule has 0 bridgehead atoms. The first-order chi connectivity index (χ1) is 8.36. The van der Waals surface area contributed by atoms with Gasteiger partial charge in [0.05, 0.1) is 13.7 Å². The Kier molecular flexibility index (Phi) is 4.77. The minimum Gasteiger partial charge on any atom is -0.496 e. The van der Waals surface area contributed by atoms with Crippen LogP contribution in [0.3, 0.4) is 0 Å². The summed E-state index contributed by atoms with van der Waals surface area (Å²) < 4.78 is 10.6. The molecule has 0 saturated heterocycles. The lowest BCUT2D eigenvalue weighted by Gasteiger charge is -2.34. The largest absolute Gasteiger partial charge is 0.496 e. The molecule has 3 nitrogen and oxygen atoms in total. The predicted octanol–water partition coefficient (Wildman–Crippen LogP) is 2.80. The van der Waals surface area contributed by atoms with Gasteiger partial charge in [0.25, 0.3) is 0 Å². The number of hydrogen-bond acceptors (Lipinski definition) is 3. The lowest BCUT2D eigenvalue weighted by atomic mass is 9.80. The van der Waals surface area contributed by atoms with E-state index in [1.54, 1.807) is 14.2 Å². The Morgan fingerprint density at radius 3 is 2.28 bits per heavy atom. The molecular weight excluding hydrogens is 228 g/mol. The Morgan fingerprint density at radius 2 is 1.83 bits per heavy atom. The fraction of sp³-hybridized carbons (Fsp3) is 0.600. The Balaban J connectivity index is 3.45. The standard InChI is InChI=1S/C15H24O3/c1-10(2)15(16,9-17-5)14-12(4)7-11(3)8-13(14)18-6/h7-8,10,16H,9H2,1-6H3. The molecule has 102 valence electrons. The average molecular weight is 252 g/mol. The SMILES string of the molecule is COCC(O)(c1c(C)cc(C)cc1OC)C(C)C. The zero-order valence-electron chi connectivity index (χ0n) is 12.2. The molecule has 1 rings (SSSR count). The van der Waals surface area contributed by atoms with Gasteiger partial charge in [-0.2, -0.15) is 0 Å². The third kappa shape index (κ3) is 2.68. The molecule has 0 radical (unpaired) electrons.